The topological polar surface area (TPSA) is 20.2 Å². The molecule has 2 heteroatoms. The van der Waals surface area contributed by atoms with Crippen molar-refractivity contribution in [1.82, 2.24) is 0 Å². The molecule has 1 unspecified atom stereocenters. The highest BCUT2D eigenvalue weighted by molar-refractivity contribution is 7.98. The van der Waals surface area contributed by atoms with Crippen LogP contribution in [-0.2, 0) is 0 Å². The van der Waals surface area contributed by atoms with Gasteiger partial charge in [-0.3, -0.25) is 0 Å². The van der Waals surface area contributed by atoms with E-state index in [1.54, 1.807) is 11.8 Å². The molecule has 1 aliphatic rings. The molecule has 1 atom stereocenters. The second-order valence-electron chi connectivity index (χ2n) is 5.40. The van der Waals surface area contributed by atoms with Crippen LogP contribution in [0.25, 0.3) is 0 Å². The number of benzene rings is 2. The van der Waals surface area contributed by atoms with Gasteiger partial charge in [-0.15, -0.1) is 11.8 Å². The molecule has 20 heavy (non-hydrogen) atoms. The Labute approximate surface area is 125 Å². The Morgan fingerprint density at radius 2 is 1.65 bits per heavy atom. The molecule has 3 rings (SSSR count). The molecule has 0 bridgehead atoms. The lowest BCUT2D eigenvalue weighted by atomic mass is 9.77. The van der Waals surface area contributed by atoms with E-state index >= 15 is 0 Å². The van der Waals surface area contributed by atoms with Crippen LogP contribution in [0, 0.1) is 0 Å². The third-order valence-corrected chi connectivity index (χ3v) is 5.08. The molecule has 0 aromatic heterocycles. The average Bonchev–Trinajstić information content (AvgIpc) is 2.45. The smallest absolute Gasteiger partial charge is 0.105 e. The van der Waals surface area contributed by atoms with Gasteiger partial charge in [0.1, 0.15) is 6.10 Å². The van der Waals surface area contributed by atoms with Gasteiger partial charge in [-0.1, -0.05) is 48.9 Å². The van der Waals surface area contributed by atoms with E-state index in [-0.39, 0.29) is 0 Å². The van der Waals surface area contributed by atoms with Crippen LogP contribution in [0.5, 0.6) is 0 Å². The number of hydrogen-bond acceptors (Lipinski definition) is 2. The van der Waals surface area contributed by atoms with Crippen LogP contribution < -0.4 is 0 Å². The van der Waals surface area contributed by atoms with Crippen LogP contribution in [0.4, 0.5) is 0 Å². The van der Waals surface area contributed by atoms with Gasteiger partial charge < -0.3 is 5.11 Å². The first kappa shape index (κ1) is 13.7. The van der Waals surface area contributed by atoms with Gasteiger partial charge in [0.15, 0.2) is 0 Å². The minimum Gasteiger partial charge on any atom is -0.384 e. The number of aliphatic hydroxyl groups excluding tert-OH is 1. The van der Waals surface area contributed by atoms with E-state index in [0.29, 0.717) is 5.92 Å². The molecule has 0 aliphatic heterocycles. The van der Waals surface area contributed by atoms with Crippen molar-refractivity contribution in [2.45, 2.75) is 36.2 Å². The first-order chi connectivity index (χ1) is 9.81. The number of aliphatic hydroxyl groups is 1. The Balaban J connectivity index is 1.99. The zero-order chi connectivity index (χ0) is 13.9. The molecule has 0 saturated heterocycles. The molecule has 0 heterocycles. The normalized spacial score (nSPS) is 16.7. The van der Waals surface area contributed by atoms with E-state index in [1.807, 2.05) is 24.3 Å². The van der Waals surface area contributed by atoms with Gasteiger partial charge in [-0.05, 0) is 47.8 Å². The summed E-state index contributed by atoms with van der Waals surface area (Å²) in [6.07, 6.45) is 5.37. The van der Waals surface area contributed by atoms with Crippen molar-refractivity contribution in [3.05, 3.63) is 65.2 Å². The molecule has 1 nitrogen and oxygen atoms in total. The summed E-state index contributed by atoms with van der Waals surface area (Å²) in [6, 6.07) is 16.5. The maximum Gasteiger partial charge on any atom is 0.105 e. The van der Waals surface area contributed by atoms with Gasteiger partial charge in [0, 0.05) is 4.90 Å². The highest BCUT2D eigenvalue weighted by Gasteiger charge is 2.25. The van der Waals surface area contributed by atoms with E-state index in [0.717, 1.165) is 16.0 Å². The highest BCUT2D eigenvalue weighted by atomic mass is 32.2. The molecule has 0 spiro atoms. The van der Waals surface area contributed by atoms with Crippen LogP contribution >= 0.6 is 11.8 Å². The lowest BCUT2D eigenvalue weighted by Crippen LogP contribution is -2.13. The van der Waals surface area contributed by atoms with Gasteiger partial charge in [-0.2, -0.15) is 0 Å². The molecule has 0 radical (unpaired) electrons. The SMILES string of the molecule is CSc1ccccc1C(O)c1ccccc1C1CCC1. The van der Waals surface area contributed by atoms with Crippen LogP contribution in [0.1, 0.15) is 48.0 Å². The van der Waals surface area contributed by atoms with Gasteiger partial charge >= 0.3 is 0 Å². The second-order valence-corrected chi connectivity index (χ2v) is 6.25. The summed E-state index contributed by atoms with van der Waals surface area (Å²) in [5.41, 5.74) is 3.44. The molecule has 1 aliphatic carbocycles. The van der Waals surface area contributed by atoms with E-state index in [1.165, 1.54) is 24.8 Å². The van der Waals surface area contributed by atoms with Crippen molar-refractivity contribution < 1.29 is 5.11 Å². The van der Waals surface area contributed by atoms with E-state index in [4.69, 9.17) is 0 Å². The Bertz CT molecular complexity index is 589. The van der Waals surface area contributed by atoms with Crippen molar-refractivity contribution in [3.8, 4) is 0 Å². The fraction of sp³-hybridized carbons (Fsp3) is 0.333. The first-order valence-electron chi connectivity index (χ1n) is 7.21. The molecule has 2 aromatic rings. The van der Waals surface area contributed by atoms with Gasteiger partial charge in [0.25, 0.3) is 0 Å². The molecular formula is C18H20OS. The Morgan fingerprint density at radius 1 is 1.00 bits per heavy atom. The van der Waals surface area contributed by atoms with Crippen molar-refractivity contribution in [2.24, 2.45) is 0 Å². The Kier molecular flexibility index (Phi) is 4.13. The zero-order valence-electron chi connectivity index (χ0n) is 11.8. The molecule has 1 fully saturated rings. The standard InChI is InChI=1S/C18H20OS/c1-20-17-12-5-4-11-16(17)18(19)15-10-3-2-9-14(15)13-7-6-8-13/h2-5,9-13,18-19H,6-8H2,1H3. The highest BCUT2D eigenvalue weighted by Crippen LogP contribution is 2.41. The van der Waals surface area contributed by atoms with E-state index in [9.17, 15) is 5.11 Å². The fourth-order valence-corrected chi connectivity index (χ4v) is 3.54. The number of hydrogen-bond donors (Lipinski definition) is 1. The second kappa shape index (κ2) is 6.02. The van der Waals surface area contributed by atoms with Crippen molar-refractivity contribution in [2.75, 3.05) is 6.26 Å². The monoisotopic (exact) mass is 284 g/mol. The third-order valence-electron chi connectivity index (χ3n) is 4.27. The summed E-state index contributed by atoms with van der Waals surface area (Å²) < 4.78 is 0. The third kappa shape index (κ3) is 2.50. The predicted molar refractivity (Wildman–Crippen MR) is 85.3 cm³/mol. The Morgan fingerprint density at radius 3 is 2.30 bits per heavy atom. The van der Waals surface area contributed by atoms with Crippen LogP contribution in [0.15, 0.2) is 53.4 Å². The largest absolute Gasteiger partial charge is 0.384 e. The van der Waals surface area contributed by atoms with Crippen LogP contribution in [0.3, 0.4) is 0 Å². The van der Waals surface area contributed by atoms with Crippen molar-refractivity contribution >= 4 is 11.8 Å². The predicted octanol–water partition coefficient (Wildman–Crippen LogP) is 4.76. The molecule has 1 saturated carbocycles. The summed E-state index contributed by atoms with van der Waals surface area (Å²) >= 11 is 1.69. The molecule has 1 N–H and O–H groups in total. The molecule has 2 aromatic carbocycles. The molecule has 0 amide bonds. The summed E-state index contributed by atoms with van der Waals surface area (Å²) in [6.45, 7) is 0. The minimum atomic E-state index is -0.518. The maximum absolute atomic E-state index is 10.8. The average molecular weight is 284 g/mol. The maximum atomic E-state index is 10.8. The summed E-state index contributed by atoms with van der Waals surface area (Å²) in [7, 11) is 0. The number of rotatable bonds is 4. The van der Waals surface area contributed by atoms with Gasteiger partial charge in [-0.25, -0.2) is 0 Å². The summed E-state index contributed by atoms with van der Waals surface area (Å²) in [4.78, 5) is 1.16. The van der Waals surface area contributed by atoms with E-state index < -0.39 is 6.10 Å². The van der Waals surface area contributed by atoms with Crippen molar-refractivity contribution in [3.63, 3.8) is 0 Å². The first-order valence-corrected chi connectivity index (χ1v) is 8.43. The minimum absolute atomic E-state index is 0.518. The van der Waals surface area contributed by atoms with Gasteiger partial charge in [0.2, 0.25) is 0 Å². The summed E-state index contributed by atoms with van der Waals surface area (Å²) in [5, 5.41) is 10.8. The molecule has 104 valence electrons. The quantitative estimate of drug-likeness (QED) is 0.817. The molecular weight excluding hydrogens is 264 g/mol. The van der Waals surface area contributed by atoms with Crippen LogP contribution in [0.2, 0.25) is 0 Å². The Hall–Kier alpha value is -1.25. The number of thioether (sulfide) groups is 1. The lowest BCUT2D eigenvalue weighted by Gasteiger charge is -2.29. The fourth-order valence-electron chi connectivity index (χ4n) is 2.91. The van der Waals surface area contributed by atoms with Crippen molar-refractivity contribution in [1.29, 1.82) is 0 Å². The zero-order valence-corrected chi connectivity index (χ0v) is 12.6. The summed E-state index contributed by atoms with van der Waals surface area (Å²) in [5.74, 6) is 0.641. The van der Waals surface area contributed by atoms with Crippen LogP contribution in [-0.4, -0.2) is 11.4 Å². The van der Waals surface area contributed by atoms with Gasteiger partial charge in [0.05, 0.1) is 0 Å². The lowest BCUT2D eigenvalue weighted by molar-refractivity contribution is 0.214. The van der Waals surface area contributed by atoms with E-state index in [2.05, 4.69) is 30.5 Å².